The first-order valence-corrected chi connectivity index (χ1v) is 6.07. The van der Waals surface area contributed by atoms with Crippen LogP contribution in [0.4, 0.5) is 11.5 Å². The van der Waals surface area contributed by atoms with Crippen molar-refractivity contribution in [3.05, 3.63) is 40.7 Å². The highest BCUT2D eigenvalue weighted by atomic mass is 35.5. The lowest BCUT2D eigenvalue weighted by atomic mass is 10.2. The highest BCUT2D eigenvalue weighted by Crippen LogP contribution is 2.23. The van der Waals surface area contributed by atoms with Crippen LogP contribution in [0.25, 0.3) is 0 Å². The minimum Gasteiger partial charge on any atom is -0.481 e. The van der Waals surface area contributed by atoms with E-state index in [1.807, 2.05) is 0 Å². The zero-order valence-corrected chi connectivity index (χ0v) is 11.6. The largest absolute Gasteiger partial charge is 0.481 e. The van der Waals surface area contributed by atoms with E-state index in [2.05, 4.69) is 15.3 Å². The Hall–Kier alpha value is -2.34. The van der Waals surface area contributed by atoms with Gasteiger partial charge in [-0.15, -0.1) is 0 Å². The number of carboxylic acid groups (broad SMARTS) is 1. The summed E-state index contributed by atoms with van der Waals surface area (Å²) >= 11 is 5.81. The van der Waals surface area contributed by atoms with Gasteiger partial charge in [0.25, 0.3) is 0 Å². The summed E-state index contributed by atoms with van der Waals surface area (Å²) in [5, 5.41) is 12.2. The molecule has 0 saturated carbocycles. The van der Waals surface area contributed by atoms with Gasteiger partial charge < -0.3 is 15.2 Å². The van der Waals surface area contributed by atoms with Crippen LogP contribution in [-0.2, 0) is 0 Å². The standard InChI is InChI=1S/C13H12ClN3O3/c1-7-15-11(6-12(16-7)20-2)17-8-3-4-10(14)9(5-8)13(18)19/h3-6H,1-2H3,(H,18,19)(H,15,16,17). The number of aromatic carboxylic acids is 1. The third-order valence-electron chi connectivity index (χ3n) is 2.49. The number of carbonyl (C=O) groups is 1. The predicted octanol–water partition coefficient (Wildman–Crippen LogP) is 2.89. The monoisotopic (exact) mass is 293 g/mol. The van der Waals surface area contributed by atoms with Crippen LogP contribution in [-0.4, -0.2) is 28.2 Å². The molecule has 2 rings (SSSR count). The van der Waals surface area contributed by atoms with E-state index in [4.69, 9.17) is 21.4 Å². The van der Waals surface area contributed by atoms with E-state index >= 15 is 0 Å². The molecule has 20 heavy (non-hydrogen) atoms. The highest BCUT2D eigenvalue weighted by Gasteiger charge is 2.10. The fourth-order valence-corrected chi connectivity index (χ4v) is 1.82. The molecule has 2 N–H and O–H groups in total. The summed E-state index contributed by atoms with van der Waals surface area (Å²) in [6.07, 6.45) is 0. The number of carboxylic acids is 1. The van der Waals surface area contributed by atoms with E-state index in [-0.39, 0.29) is 10.6 Å². The Kier molecular flexibility index (Phi) is 4.05. The van der Waals surface area contributed by atoms with Crippen LogP contribution >= 0.6 is 11.6 Å². The van der Waals surface area contributed by atoms with Crippen LogP contribution in [0.15, 0.2) is 24.3 Å². The van der Waals surface area contributed by atoms with Gasteiger partial charge in [0.2, 0.25) is 5.88 Å². The van der Waals surface area contributed by atoms with E-state index in [9.17, 15) is 4.79 Å². The molecule has 6 nitrogen and oxygen atoms in total. The number of rotatable bonds is 4. The second kappa shape index (κ2) is 5.75. The van der Waals surface area contributed by atoms with Crippen molar-refractivity contribution < 1.29 is 14.6 Å². The molecule has 0 bridgehead atoms. The van der Waals surface area contributed by atoms with E-state index < -0.39 is 5.97 Å². The number of nitrogens with one attached hydrogen (secondary N) is 1. The van der Waals surface area contributed by atoms with Crippen molar-refractivity contribution in [1.29, 1.82) is 0 Å². The summed E-state index contributed by atoms with van der Waals surface area (Å²) in [5.74, 6) is 0.384. The molecular weight excluding hydrogens is 282 g/mol. The molecule has 0 aliphatic heterocycles. The molecule has 0 aliphatic rings. The SMILES string of the molecule is COc1cc(Nc2ccc(Cl)c(C(=O)O)c2)nc(C)n1. The normalized spacial score (nSPS) is 10.2. The minimum absolute atomic E-state index is 0.0226. The van der Waals surface area contributed by atoms with Crippen molar-refractivity contribution in [3.8, 4) is 5.88 Å². The lowest BCUT2D eigenvalue weighted by Gasteiger charge is -2.09. The van der Waals surface area contributed by atoms with Gasteiger partial charge in [0.1, 0.15) is 11.6 Å². The molecule has 0 unspecified atom stereocenters. The number of aromatic nitrogens is 2. The van der Waals surface area contributed by atoms with E-state index in [0.29, 0.717) is 23.2 Å². The smallest absolute Gasteiger partial charge is 0.337 e. The molecule has 1 aromatic carbocycles. The molecule has 0 saturated heterocycles. The molecule has 0 spiro atoms. The summed E-state index contributed by atoms with van der Waals surface area (Å²) in [4.78, 5) is 19.3. The van der Waals surface area contributed by atoms with Gasteiger partial charge in [0.15, 0.2) is 0 Å². The van der Waals surface area contributed by atoms with Gasteiger partial charge in [0, 0.05) is 11.8 Å². The summed E-state index contributed by atoms with van der Waals surface area (Å²) in [5.41, 5.74) is 0.585. The number of nitrogens with zero attached hydrogens (tertiary/aromatic N) is 2. The lowest BCUT2D eigenvalue weighted by molar-refractivity contribution is 0.0697. The van der Waals surface area contributed by atoms with Gasteiger partial charge in [-0.2, -0.15) is 4.98 Å². The molecule has 2 aromatic rings. The van der Waals surface area contributed by atoms with Gasteiger partial charge >= 0.3 is 5.97 Å². The molecule has 1 aromatic heterocycles. The van der Waals surface area contributed by atoms with Gasteiger partial charge in [-0.05, 0) is 25.1 Å². The van der Waals surface area contributed by atoms with Crippen LogP contribution in [0.5, 0.6) is 5.88 Å². The van der Waals surface area contributed by atoms with Gasteiger partial charge in [-0.1, -0.05) is 11.6 Å². The molecule has 0 fully saturated rings. The van der Waals surface area contributed by atoms with E-state index in [1.165, 1.54) is 19.2 Å². The number of aryl methyl sites for hydroxylation is 1. The molecule has 0 atom stereocenters. The number of anilines is 2. The molecule has 0 amide bonds. The Balaban J connectivity index is 2.32. The Labute approximate surface area is 120 Å². The second-order valence-corrected chi connectivity index (χ2v) is 4.37. The Morgan fingerprint density at radius 3 is 2.75 bits per heavy atom. The maximum absolute atomic E-state index is 11.0. The first-order chi connectivity index (χ1) is 9.49. The van der Waals surface area contributed by atoms with Crippen LogP contribution < -0.4 is 10.1 Å². The van der Waals surface area contributed by atoms with Crippen molar-refractivity contribution in [2.45, 2.75) is 6.92 Å². The first kappa shape index (κ1) is 14.1. The quantitative estimate of drug-likeness (QED) is 0.901. The summed E-state index contributed by atoms with van der Waals surface area (Å²) in [6.45, 7) is 1.73. The molecular formula is C13H12ClN3O3. The van der Waals surface area contributed by atoms with Crippen molar-refractivity contribution in [2.75, 3.05) is 12.4 Å². The van der Waals surface area contributed by atoms with Gasteiger partial charge in [0.05, 0.1) is 17.7 Å². The zero-order valence-electron chi connectivity index (χ0n) is 10.8. The maximum atomic E-state index is 11.0. The summed E-state index contributed by atoms with van der Waals surface area (Å²) in [7, 11) is 1.51. The van der Waals surface area contributed by atoms with Crippen molar-refractivity contribution in [1.82, 2.24) is 9.97 Å². The first-order valence-electron chi connectivity index (χ1n) is 5.69. The maximum Gasteiger partial charge on any atom is 0.337 e. The van der Waals surface area contributed by atoms with Crippen LogP contribution in [0.3, 0.4) is 0 Å². The number of hydrogen-bond donors (Lipinski definition) is 2. The third kappa shape index (κ3) is 3.16. The van der Waals surface area contributed by atoms with Crippen molar-refractivity contribution >= 4 is 29.1 Å². The topological polar surface area (TPSA) is 84.3 Å². The fraction of sp³-hybridized carbons (Fsp3) is 0.154. The van der Waals surface area contributed by atoms with Crippen LogP contribution in [0.2, 0.25) is 5.02 Å². The Bertz CT molecular complexity index is 661. The zero-order chi connectivity index (χ0) is 14.7. The predicted molar refractivity (Wildman–Crippen MR) is 75.0 cm³/mol. The molecule has 0 radical (unpaired) electrons. The third-order valence-corrected chi connectivity index (χ3v) is 2.82. The number of benzene rings is 1. The highest BCUT2D eigenvalue weighted by molar-refractivity contribution is 6.33. The van der Waals surface area contributed by atoms with Crippen LogP contribution in [0.1, 0.15) is 16.2 Å². The number of hydrogen-bond acceptors (Lipinski definition) is 5. The van der Waals surface area contributed by atoms with Crippen molar-refractivity contribution in [2.24, 2.45) is 0 Å². The van der Waals surface area contributed by atoms with E-state index in [1.54, 1.807) is 19.1 Å². The Morgan fingerprint density at radius 2 is 2.10 bits per heavy atom. The van der Waals surface area contributed by atoms with Gasteiger partial charge in [-0.25, -0.2) is 9.78 Å². The van der Waals surface area contributed by atoms with Crippen molar-refractivity contribution in [3.63, 3.8) is 0 Å². The summed E-state index contributed by atoms with van der Waals surface area (Å²) < 4.78 is 5.05. The van der Waals surface area contributed by atoms with E-state index in [0.717, 1.165) is 0 Å². The molecule has 1 heterocycles. The number of halogens is 1. The summed E-state index contributed by atoms with van der Waals surface area (Å²) in [6, 6.07) is 6.23. The molecule has 0 aliphatic carbocycles. The molecule has 7 heteroatoms. The van der Waals surface area contributed by atoms with Gasteiger partial charge in [-0.3, -0.25) is 0 Å². The second-order valence-electron chi connectivity index (χ2n) is 3.97. The average Bonchev–Trinajstić information content (AvgIpc) is 2.40. The lowest BCUT2D eigenvalue weighted by Crippen LogP contribution is -2.02. The number of methoxy groups -OCH3 is 1. The number of ether oxygens (including phenoxy) is 1. The Morgan fingerprint density at radius 1 is 1.35 bits per heavy atom. The average molecular weight is 294 g/mol. The van der Waals surface area contributed by atoms with Crippen LogP contribution in [0, 0.1) is 6.92 Å². The fourth-order valence-electron chi connectivity index (χ4n) is 1.62. The molecule has 104 valence electrons. The minimum atomic E-state index is -1.09.